The number of nitrogens with zero attached hydrogens (tertiary/aromatic N) is 3. The molecule has 2 rings (SSSR count). The third kappa shape index (κ3) is 3.41. The summed E-state index contributed by atoms with van der Waals surface area (Å²) in [7, 11) is 0. The minimum Gasteiger partial charge on any atom is -0.393 e. The van der Waals surface area contributed by atoms with Crippen LogP contribution < -0.4 is 4.90 Å². The molecule has 1 saturated heterocycles. The molecule has 1 aliphatic heterocycles. The van der Waals surface area contributed by atoms with E-state index in [9.17, 15) is 5.11 Å². The second kappa shape index (κ2) is 6.72. The van der Waals surface area contributed by atoms with Crippen molar-refractivity contribution >= 4 is 17.4 Å². The molecule has 0 radical (unpaired) electrons. The maximum absolute atomic E-state index is 9.68. The van der Waals surface area contributed by atoms with Gasteiger partial charge in [-0.25, -0.2) is 9.97 Å². The van der Waals surface area contributed by atoms with E-state index >= 15 is 0 Å². The van der Waals surface area contributed by atoms with Gasteiger partial charge in [0.1, 0.15) is 16.8 Å². The van der Waals surface area contributed by atoms with Gasteiger partial charge in [-0.2, -0.15) is 0 Å². The number of aromatic nitrogens is 2. The smallest absolute Gasteiger partial charge is 0.137 e. The van der Waals surface area contributed by atoms with Gasteiger partial charge in [0, 0.05) is 25.1 Å². The summed E-state index contributed by atoms with van der Waals surface area (Å²) in [5.74, 6) is 2.20. The Morgan fingerprint density at radius 2 is 2.00 bits per heavy atom. The highest BCUT2D eigenvalue weighted by Crippen LogP contribution is 2.29. The second-order valence-electron chi connectivity index (χ2n) is 5.69. The molecule has 0 spiro atoms. The minimum atomic E-state index is -0.220. The molecule has 1 aliphatic rings. The summed E-state index contributed by atoms with van der Waals surface area (Å²) < 4.78 is 0. The van der Waals surface area contributed by atoms with Crippen molar-refractivity contribution in [2.45, 2.75) is 52.6 Å². The quantitative estimate of drug-likeness (QED) is 0.868. The molecule has 112 valence electrons. The number of aliphatic hydroxyl groups excluding tert-OH is 1. The molecule has 1 aromatic heterocycles. The third-order valence-corrected chi connectivity index (χ3v) is 4.47. The Labute approximate surface area is 126 Å². The van der Waals surface area contributed by atoms with Crippen molar-refractivity contribution < 1.29 is 5.11 Å². The maximum Gasteiger partial charge on any atom is 0.137 e. The van der Waals surface area contributed by atoms with Crippen molar-refractivity contribution in [2.75, 3.05) is 18.0 Å². The van der Waals surface area contributed by atoms with Crippen molar-refractivity contribution in [2.24, 2.45) is 5.92 Å². The fourth-order valence-corrected chi connectivity index (χ4v) is 2.94. The van der Waals surface area contributed by atoms with Gasteiger partial charge < -0.3 is 10.0 Å². The number of hydrogen-bond donors (Lipinski definition) is 1. The van der Waals surface area contributed by atoms with Crippen LogP contribution in [0.25, 0.3) is 0 Å². The molecule has 1 unspecified atom stereocenters. The van der Waals surface area contributed by atoms with Crippen LogP contribution in [-0.4, -0.2) is 34.3 Å². The van der Waals surface area contributed by atoms with E-state index in [2.05, 4.69) is 21.8 Å². The van der Waals surface area contributed by atoms with Crippen molar-refractivity contribution in [3.05, 3.63) is 16.5 Å². The van der Waals surface area contributed by atoms with E-state index in [1.54, 1.807) is 0 Å². The van der Waals surface area contributed by atoms with Crippen molar-refractivity contribution in [1.82, 2.24) is 9.97 Å². The highest BCUT2D eigenvalue weighted by molar-refractivity contribution is 6.30. The number of hydrogen-bond acceptors (Lipinski definition) is 4. The van der Waals surface area contributed by atoms with Crippen molar-refractivity contribution in [1.29, 1.82) is 0 Å². The fourth-order valence-electron chi connectivity index (χ4n) is 2.76. The number of rotatable bonds is 4. The van der Waals surface area contributed by atoms with Crippen LogP contribution in [0.15, 0.2) is 0 Å². The highest BCUT2D eigenvalue weighted by Gasteiger charge is 2.25. The molecule has 4 nitrogen and oxygen atoms in total. The van der Waals surface area contributed by atoms with E-state index in [1.807, 2.05) is 13.8 Å². The molecule has 1 aromatic rings. The lowest BCUT2D eigenvalue weighted by molar-refractivity contribution is 0.109. The van der Waals surface area contributed by atoms with Crippen LogP contribution in [0.5, 0.6) is 0 Å². The molecule has 0 aliphatic carbocycles. The first-order valence-electron chi connectivity index (χ1n) is 7.49. The van der Waals surface area contributed by atoms with Gasteiger partial charge >= 0.3 is 0 Å². The van der Waals surface area contributed by atoms with E-state index in [1.165, 1.54) is 0 Å². The van der Waals surface area contributed by atoms with E-state index < -0.39 is 0 Å². The van der Waals surface area contributed by atoms with Gasteiger partial charge in [0.15, 0.2) is 0 Å². The Kier molecular flexibility index (Phi) is 5.22. The van der Waals surface area contributed by atoms with Gasteiger partial charge in [-0.3, -0.25) is 0 Å². The summed E-state index contributed by atoms with van der Waals surface area (Å²) in [4.78, 5) is 11.3. The van der Waals surface area contributed by atoms with Crippen LogP contribution in [0.2, 0.25) is 5.15 Å². The predicted molar refractivity (Wildman–Crippen MR) is 82.4 cm³/mol. The van der Waals surface area contributed by atoms with Crippen molar-refractivity contribution in [3.8, 4) is 0 Å². The van der Waals surface area contributed by atoms with Gasteiger partial charge in [0.25, 0.3) is 0 Å². The second-order valence-corrected chi connectivity index (χ2v) is 6.05. The molecule has 0 aromatic carbocycles. The fraction of sp³-hybridized carbons (Fsp3) is 0.733. The molecule has 0 amide bonds. The Hall–Kier alpha value is -0.870. The van der Waals surface area contributed by atoms with Crippen LogP contribution in [0, 0.1) is 12.8 Å². The molecule has 20 heavy (non-hydrogen) atoms. The first-order valence-corrected chi connectivity index (χ1v) is 7.86. The highest BCUT2D eigenvalue weighted by atomic mass is 35.5. The Morgan fingerprint density at radius 1 is 1.35 bits per heavy atom. The minimum absolute atomic E-state index is 0.220. The zero-order chi connectivity index (χ0) is 14.7. The average molecular weight is 298 g/mol. The van der Waals surface area contributed by atoms with Gasteiger partial charge in [0.2, 0.25) is 0 Å². The maximum atomic E-state index is 9.68. The van der Waals surface area contributed by atoms with Gasteiger partial charge in [-0.05, 0) is 39.0 Å². The normalized spacial score (nSPS) is 18.4. The van der Waals surface area contributed by atoms with E-state index in [-0.39, 0.29) is 6.10 Å². The summed E-state index contributed by atoms with van der Waals surface area (Å²) in [5, 5.41) is 10.2. The van der Waals surface area contributed by atoms with Crippen LogP contribution >= 0.6 is 11.6 Å². The number of aliphatic hydroxyl groups is 1. The van der Waals surface area contributed by atoms with Crippen molar-refractivity contribution in [3.63, 3.8) is 0 Å². The predicted octanol–water partition coefficient (Wildman–Crippen LogP) is 2.99. The van der Waals surface area contributed by atoms with Gasteiger partial charge in [-0.1, -0.05) is 18.5 Å². The molecular formula is C15H24ClN3O. The van der Waals surface area contributed by atoms with E-state index in [0.717, 1.165) is 56.0 Å². The Balaban J connectivity index is 2.16. The summed E-state index contributed by atoms with van der Waals surface area (Å²) in [6, 6.07) is 0. The number of piperidine rings is 1. The van der Waals surface area contributed by atoms with Gasteiger partial charge in [0.05, 0.1) is 6.10 Å². The molecular weight excluding hydrogens is 274 g/mol. The van der Waals surface area contributed by atoms with Crippen LogP contribution in [0.4, 0.5) is 5.82 Å². The largest absolute Gasteiger partial charge is 0.393 e. The summed E-state index contributed by atoms with van der Waals surface area (Å²) >= 11 is 6.24. The monoisotopic (exact) mass is 297 g/mol. The molecule has 0 saturated carbocycles. The lowest BCUT2D eigenvalue weighted by atomic mass is 9.92. The molecule has 0 bridgehead atoms. The molecule has 1 fully saturated rings. The molecule has 1 N–H and O–H groups in total. The zero-order valence-electron chi connectivity index (χ0n) is 12.6. The number of aryl methyl sites for hydroxylation is 1. The molecule has 5 heteroatoms. The summed E-state index contributed by atoms with van der Waals surface area (Å²) in [6.45, 7) is 7.83. The molecule has 1 atom stereocenters. The molecule has 2 heterocycles. The van der Waals surface area contributed by atoms with Crippen LogP contribution in [0.1, 0.15) is 44.5 Å². The summed E-state index contributed by atoms with van der Waals surface area (Å²) in [6.07, 6.45) is 3.66. The summed E-state index contributed by atoms with van der Waals surface area (Å²) in [5.41, 5.74) is 0.960. The Bertz CT molecular complexity index is 457. The lowest BCUT2D eigenvalue weighted by Crippen LogP contribution is -2.38. The van der Waals surface area contributed by atoms with E-state index in [0.29, 0.717) is 11.1 Å². The lowest BCUT2D eigenvalue weighted by Gasteiger charge is -2.34. The van der Waals surface area contributed by atoms with Crippen LogP contribution in [0.3, 0.4) is 0 Å². The standard InChI is InChI=1S/C15H24ClN3O/c1-4-5-13-17-14(16)10(2)15(18-13)19-8-6-12(7-9-19)11(3)20/h11-12,20H,4-9H2,1-3H3. The first kappa shape index (κ1) is 15.5. The van der Waals surface area contributed by atoms with Gasteiger partial charge in [-0.15, -0.1) is 0 Å². The SMILES string of the molecule is CCCc1nc(Cl)c(C)c(N2CCC(C(C)O)CC2)n1. The third-order valence-electron chi connectivity index (χ3n) is 4.10. The first-order chi connectivity index (χ1) is 9.52. The average Bonchev–Trinajstić information content (AvgIpc) is 2.43. The topological polar surface area (TPSA) is 49.2 Å². The Morgan fingerprint density at radius 3 is 2.55 bits per heavy atom. The number of halogens is 1. The number of anilines is 1. The van der Waals surface area contributed by atoms with Crippen LogP contribution in [-0.2, 0) is 6.42 Å². The zero-order valence-corrected chi connectivity index (χ0v) is 13.3. The van der Waals surface area contributed by atoms with E-state index in [4.69, 9.17) is 11.6 Å².